The van der Waals surface area contributed by atoms with Gasteiger partial charge >= 0.3 is 6.36 Å². The maximum Gasteiger partial charge on any atom is 0.574 e. The normalized spacial score (nSPS) is 11.5. The van der Waals surface area contributed by atoms with Gasteiger partial charge in [-0.25, -0.2) is 9.97 Å². The number of anilines is 2. The Balaban J connectivity index is 1.36. The van der Waals surface area contributed by atoms with E-state index in [0.29, 0.717) is 16.9 Å². The molecule has 0 saturated carbocycles. The summed E-state index contributed by atoms with van der Waals surface area (Å²) in [5.41, 5.74) is 5.00. The lowest BCUT2D eigenvalue weighted by molar-refractivity contribution is -0.276. The van der Waals surface area contributed by atoms with Crippen molar-refractivity contribution in [2.45, 2.75) is 6.36 Å². The molecule has 3 heterocycles. The lowest BCUT2D eigenvalue weighted by atomic mass is 10.1. The lowest BCUT2D eigenvalue weighted by Crippen LogP contribution is -2.17. The van der Waals surface area contributed by atoms with Gasteiger partial charge in [0.2, 0.25) is 5.88 Å². The summed E-state index contributed by atoms with van der Waals surface area (Å²) >= 11 is 0. The first-order chi connectivity index (χ1) is 15.9. The lowest BCUT2D eigenvalue weighted by Gasteiger charge is -2.08. The van der Waals surface area contributed by atoms with E-state index < -0.39 is 12.2 Å². The van der Waals surface area contributed by atoms with Crippen LogP contribution in [-0.4, -0.2) is 31.5 Å². The molecule has 0 radical (unpaired) electrons. The quantitative estimate of drug-likeness (QED) is 0.357. The third-order valence-corrected chi connectivity index (χ3v) is 4.74. The molecular weight excluding hydrogens is 433 g/mol. The zero-order chi connectivity index (χ0) is 22.8. The Morgan fingerprint density at radius 2 is 1.73 bits per heavy atom. The first-order valence-electron chi connectivity index (χ1n) is 9.80. The SMILES string of the molecule is FC(F)(F)Oc1cc2nc(-c3cccc(Nc4ccc(-c5cccnn5)cc4)c3)[nH]c2cn1. The van der Waals surface area contributed by atoms with Gasteiger partial charge in [0.15, 0.2) is 0 Å². The molecule has 0 atom stereocenters. The Labute approximate surface area is 185 Å². The molecule has 10 heteroatoms. The summed E-state index contributed by atoms with van der Waals surface area (Å²) in [6.07, 6.45) is -1.93. The highest BCUT2D eigenvalue weighted by molar-refractivity contribution is 5.80. The van der Waals surface area contributed by atoms with E-state index in [4.69, 9.17) is 0 Å². The zero-order valence-electron chi connectivity index (χ0n) is 16.8. The minimum atomic E-state index is -4.81. The number of halogens is 3. The van der Waals surface area contributed by atoms with Crippen molar-refractivity contribution in [2.75, 3.05) is 5.32 Å². The van der Waals surface area contributed by atoms with Gasteiger partial charge in [0.25, 0.3) is 0 Å². The number of imidazole rings is 1. The van der Waals surface area contributed by atoms with Crippen molar-refractivity contribution >= 4 is 22.4 Å². The van der Waals surface area contributed by atoms with Crippen LogP contribution in [0.3, 0.4) is 0 Å². The molecule has 0 aliphatic heterocycles. The van der Waals surface area contributed by atoms with Crippen LogP contribution < -0.4 is 10.1 Å². The van der Waals surface area contributed by atoms with Crippen molar-refractivity contribution in [3.63, 3.8) is 0 Å². The van der Waals surface area contributed by atoms with Crippen LogP contribution in [0.15, 0.2) is 79.1 Å². The highest BCUT2D eigenvalue weighted by Crippen LogP contribution is 2.28. The van der Waals surface area contributed by atoms with E-state index in [2.05, 4.69) is 35.2 Å². The predicted molar refractivity (Wildman–Crippen MR) is 117 cm³/mol. The van der Waals surface area contributed by atoms with E-state index in [1.807, 2.05) is 60.7 Å². The fraction of sp³-hybridized carbons (Fsp3) is 0.0435. The van der Waals surface area contributed by atoms with E-state index in [-0.39, 0.29) is 0 Å². The van der Waals surface area contributed by atoms with Crippen molar-refractivity contribution in [3.05, 3.63) is 79.1 Å². The maximum atomic E-state index is 12.4. The second-order valence-electron chi connectivity index (χ2n) is 7.06. The number of benzene rings is 2. The van der Waals surface area contributed by atoms with Gasteiger partial charge in [-0.05, 0) is 36.4 Å². The molecule has 2 aromatic carbocycles. The van der Waals surface area contributed by atoms with Crippen LogP contribution in [0.2, 0.25) is 0 Å². The summed E-state index contributed by atoms with van der Waals surface area (Å²) in [5.74, 6) is -0.0639. The zero-order valence-corrected chi connectivity index (χ0v) is 16.8. The fourth-order valence-electron chi connectivity index (χ4n) is 3.29. The number of hydrogen-bond acceptors (Lipinski definition) is 6. The summed E-state index contributed by atoms with van der Waals surface area (Å²) in [7, 11) is 0. The molecule has 0 amide bonds. The van der Waals surface area contributed by atoms with Crippen molar-refractivity contribution in [1.29, 1.82) is 0 Å². The molecule has 2 N–H and O–H groups in total. The Morgan fingerprint density at radius 3 is 2.48 bits per heavy atom. The van der Waals surface area contributed by atoms with E-state index in [0.717, 1.165) is 34.3 Å². The number of alkyl halides is 3. The largest absolute Gasteiger partial charge is 0.574 e. The van der Waals surface area contributed by atoms with Crippen molar-refractivity contribution in [3.8, 4) is 28.5 Å². The molecule has 3 aromatic heterocycles. The molecule has 0 aliphatic carbocycles. The summed E-state index contributed by atoms with van der Waals surface area (Å²) in [5, 5.41) is 11.3. The van der Waals surface area contributed by atoms with Gasteiger partial charge < -0.3 is 15.0 Å². The second-order valence-corrected chi connectivity index (χ2v) is 7.06. The monoisotopic (exact) mass is 448 g/mol. The van der Waals surface area contributed by atoms with Crippen molar-refractivity contribution in [2.24, 2.45) is 0 Å². The van der Waals surface area contributed by atoms with Gasteiger partial charge in [-0.15, -0.1) is 13.2 Å². The molecule has 0 aliphatic rings. The third kappa shape index (κ3) is 4.74. The van der Waals surface area contributed by atoms with Gasteiger partial charge in [0, 0.05) is 34.8 Å². The Hall–Kier alpha value is -4.47. The summed E-state index contributed by atoms with van der Waals surface area (Å²) in [6.45, 7) is 0. The standard InChI is InChI=1S/C23H15F3N6O/c24-23(25,26)33-21-12-19-20(13-27-21)31-22(30-19)15-3-1-4-17(11-15)29-16-8-6-14(7-9-16)18-5-2-10-28-32-18/h1-13,29H,(H,30,31). The van der Waals surface area contributed by atoms with Crippen molar-refractivity contribution < 1.29 is 17.9 Å². The first-order valence-corrected chi connectivity index (χ1v) is 9.80. The van der Waals surface area contributed by atoms with E-state index in [9.17, 15) is 13.2 Å². The molecule has 164 valence electrons. The molecule has 5 aromatic rings. The molecule has 0 saturated heterocycles. The number of ether oxygens (including phenoxy) is 1. The van der Waals surface area contributed by atoms with Gasteiger partial charge in [0.05, 0.1) is 22.9 Å². The number of aromatic amines is 1. The summed E-state index contributed by atoms with van der Waals surface area (Å²) in [4.78, 5) is 11.1. The van der Waals surface area contributed by atoms with Gasteiger partial charge in [-0.1, -0.05) is 24.3 Å². The molecule has 0 unspecified atom stereocenters. The molecule has 33 heavy (non-hydrogen) atoms. The fourth-order valence-corrected chi connectivity index (χ4v) is 3.29. The van der Waals surface area contributed by atoms with E-state index in [1.165, 1.54) is 6.20 Å². The number of nitrogens with one attached hydrogen (secondary N) is 2. The van der Waals surface area contributed by atoms with E-state index >= 15 is 0 Å². The number of rotatable bonds is 5. The van der Waals surface area contributed by atoms with Crippen LogP contribution >= 0.6 is 0 Å². The number of H-pyrrole nitrogens is 1. The smallest absolute Gasteiger partial charge is 0.388 e. The number of hydrogen-bond donors (Lipinski definition) is 2. The first kappa shape index (κ1) is 20.4. The second kappa shape index (κ2) is 8.23. The molecule has 0 fully saturated rings. The predicted octanol–water partition coefficient (Wildman–Crippen LogP) is 5.72. The van der Waals surface area contributed by atoms with Crippen LogP contribution in [0.1, 0.15) is 0 Å². The van der Waals surface area contributed by atoms with Crippen LogP contribution in [0.4, 0.5) is 24.5 Å². The minimum absolute atomic E-state index is 0.317. The Bertz CT molecular complexity index is 1400. The minimum Gasteiger partial charge on any atom is -0.388 e. The highest BCUT2D eigenvalue weighted by Gasteiger charge is 2.32. The van der Waals surface area contributed by atoms with Gasteiger partial charge in [-0.3, -0.25) is 0 Å². The third-order valence-electron chi connectivity index (χ3n) is 4.74. The number of fused-ring (bicyclic) bond motifs is 1. The summed E-state index contributed by atoms with van der Waals surface area (Å²) < 4.78 is 41.2. The van der Waals surface area contributed by atoms with Crippen molar-refractivity contribution in [1.82, 2.24) is 25.1 Å². The van der Waals surface area contributed by atoms with Gasteiger partial charge in [-0.2, -0.15) is 10.2 Å². The highest BCUT2D eigenvalue weighted by atomic mass is 19.4. The molecule has 5 rings (SSSR count). The maximum absolute atomic E-state index is 12.4. The number of pyridine rings is 1. The Kier molecular flexibility index (Phi) is 5.09. The average molecular weight is 448 g/mol. The van der Waals surface area contributed by atoms with Crippen LogP contribution in [0.25, 0.3) is 33.7 Å². The molecule has 7 nitrogen and oxygen atoms in total. The number of nitrogens with zero attached hydrogens (tertiary/aromatic N) is 4. The van der Waals surface area contributed by atoms with E-state index in [1.54, 1.807) is 6.20 Å². The van der Waals surface area contributed by atoms with Crippen LogP contribution in [-0.2, 0) is 0 Å². The Morgan fingerprint density at radius 1 is 0.879 bits per heavy atom. The topological polar surface area (TPSA) is 88.6 Å². The molecule has 0 bridgehead atoms. The average Bonchev–Trinajstić information content (AvgIpc) is 3.23. The van der Waals surface area contributed by atoms with Gasteiger partial charge in [0.1, 0.15) is 5.82 Å². The molecular formula is C23H15F3N6O. The molecule has 0 spiro atoms. The number of aromatic nitrogens is 5. The van der Waals surface area contributed by atoms with Crippen LogP contribution in [0.5, 0.6) is 5.88 Å². The van der Waals surface area contributed by atoms with Crippen LogP contribution in [0, 0.1) is 0 Å². The summed E-state index contributed by atoms with van der Waals surface area (Å²) in [6, 6.07) is 20.1.